The minimum Gasteiger partial charge on any atom is -0.444 e. The number of alkyl carbamates (subject to hydrolysis) is 1. The van der Waals surface area contributed by atoms with Crippen molar-refractivity contribution in [3.8, 4) is 11.8 Å². The van der Waals surface area contributed by atoms with Crippen LogP contribution in [0.15, 0.2) is 42.5 Å². The van der Waals surface area contributed by atoms with Gasteiger partial charge in [0.2, 0.25) is 0 Å². The number of benzene rings is 1. The molecule has 0 saturated carbocycles. The number of anilines is 1. The number of nitrogens with zero attached hydrogens (tertiary/aromatic N) is 1. The first-order chi connectivity index (χ1) is 13.2. The number of aryl methyl sites for hydroxylation is 1. The summed E-state index contributed by atoms with van der Waals surface area (Å²) in [6.45, 7) is 7.40. The number of amides is 1. The predicted octanol–water partition coefficient (Wildman–Crippen LogP) is 3.29. The molecule has 0 fully saturated rings. The van der Waals surface area contributed by atoms with Crippen LogP contribution in [0.4, 0.5) is 10.6 Å². The maximum absolute atomic E-state index is 11.8. The molecule has 0 aliphatic heterocycles. The van der Waals surface area contributed by atoms with Crippen LogP contribution in [0.3, 0.4) is 0 Å². The van der Waals surface area contributed by atoms with Crippen LogP contribution in [-0.2, 0) is 9.53 Å². The van der Waals surface area contributed by atoms with E-state index >= 15 is 0 Å². The van der Waals surface area contributed by atoms with Crippen LogP contribution in [-0.4, -0.2) is 35.6 Å². The molecule has 28 heavy (non-hydrogen) atoms. The molecule has 0 aliphatic rings. The average molecular weight is 379 g/mol. The predicted molar refractivity (Wildman–Crippen MR) is 109 cm³/mol. The SMILES string of the molecule is Cc1cc(C#Cc2ccccc2)nc(NCC(C=O)NC(=O)OC(C)(C)C)c1. The Labute approximate surface area is 165 Å². The van der Waals surface area contributed by atoms with Gasteiger partial charge in [-0.2, -0.15) is 0 Å². The summed E-state index contributed by atoms with van der Waals surface area (Å²) in [7, 11) is 0. The van der Waals surface area contributed by atoms with Gasteiger partial charge in [-0.3, -0.25) is 0 Å². The lowest BCUT2D eigenvalue weighted by Crippen LogP contribution is -2.43. The summed E-state index contributed by atoms with van der Waals surface area (Å²) >= 11 is 0. The third kappa shape index (κ3) is 7.50. The van der Waals surface area contributed by atoms with Crippen molar-refractivity contribution in [2.24, 2.45) is 0 Å². The van der Waals surface area contributed by atoms with Gasteiger partial charge in [-0.15, -0.1) is 0 Å². The van der Waals surface area contributed by atoms with E-state index in [0.717, 1.165) is 11.1 Å². The van der Waals surface area contributed by atoms with Gasteiger partial charge in [0.25, 0.3) is 0 Å². The normalized spacial score (nSPS) is 11.6. The van der Waals surface area contributed by atoms with Crippen molar-refractivity contribution in [3.63, 3.8) is 0 Å². The number of rotatable bonds is 5. The standard InChI is InChI=1S/C22H25N3O3/c1-16-12-18(11-10-17-8-6-5-7-9-17)24-20(13-16)23-14-19(15-26)25-21(27)28-22(2,3)4/h5-9,12-13,15,19H,14H2,1-4H3,(H,23,24)(H,25,27). The molecule has 2 aromatic rings. The van der Waals surface area contributed by atoms with E-state index < -0.39 is 17.7 Å². The lowest BCUT2D eigenvalue weighted by atomic mass is 10.2. The fourth-order valence-electron chi connectivity index (χ4n) is 2.29. The van der Waals surface area contributed by atoms with Crippen molar-refractivity contribution in [2.75, 3.05) is 11.9 Å². The second-order valence-corrected chi connectivity index (χ2v) is 7.30. The van der Waals surface area contributed by atoms with Gasteiger partial charge in [0.1, 0.15) is 29.4 Å². The molecule has 1 atom stereocenters. The number of hydrogen-bond acceptors (Lipinski definition) is 5. The maximum atomic E-state index is 11.8. The molecule has 1 heterocycles. The van der Waals surface area contributed by atoms with Gasteiger partial charge in [0.15, 0.2) is 0 Å². The third-order valence-corrected chi connectivity index (χ3v) is 3.45. The molecule has 2 rings (SSSR count). The van der Waals surface area contributed by atoms with Crippen molar-refractivity contribution >= 4 is 18.2 Å². The van der Waals surface area contributed by atoms with Crippen LogP contribution in [0.5, 0.6) is 0 Å². The topological polar surface area (TPSA) is 80.3 Å². The van der Waals surface area contributed by atoms with E-state index in [1.807, 2.05) is 49.4 Å². The van der Waals surface area contributed by atoms with Crippen molar-refractivity contribution in [2.45, 2.75) is 39.3 Å². The Morgan fingerprint density at radius 3 is 2.57 bits per heavy atom. The Morgan fingerprint density at radius 1 is 1.21 bits per heavy atom. The Balaban J connectivity index is 2.01. The number of aldehydes is 1. The number of carbonyl (C=O) groups excluding carboxylic acids is 2. The quantitative estimate of drug-likeness (QED) is 0.615. The molecule has 6 nitrogen and oxygen atoms in total. The molecule has 6 heteroatoms. The van der Waals surface area contributed by atoms with Crippen LogP contribution < -0.4 is 10.6 Å². The van der Waals surface area contributed by atoms with E-state index in [9.17, 15) is 9.59 Å². The number of ether oxygens (including phenoxy) is 1. The van der Waals surface area contributed by atoms with Gasteiger partial charge >= 0.3 is 6.09 Å². The van der Waals surface area contributed by atoms with Gasteiger partial charge in [-0.05, 0) is 63.4 Å². The van der Waals surface area contributed by atoms with Crippen molar-refractivity contribution < 1.29 is 14.3 Å². The number of nitrogens with one attached hydrogen (secondary N) is 2. The summed E-state index contributed by atoms with van der Waals surface area (Å²) in [4.78, 5) is 27.5. The first-order valence-electron chi connectivity index (χ1n) is 8.99. The van der Waals surface area contributed by atoms with E-state index in [4.69, 9.17) is 4.74 Å². The van der Waals surface area contributed by atoms with Crippen LogP contribution in [0.2, 0.25) is 0 Å². The summed E-state index contributed by atoms with van der Waals surface area (Å²) in [5.41, 5.74) is 1.88. The van der Waals surface area contributed by atoms with Gasteiger partial charge < -0.3 is 20.2 Å². The Morgan fingerprint density at radius 2 is 1.93 bits per heavy atom. The van der Waals surface area contributed by atoms with Gasteiger partial charge in [0.05, 0.1) is 0 Å². The second-order valence-electron chi connectivity index (χ2n) is 7.30. The van der Waals surface area contributed by atoms with E-state index in [0.29, 0.717) is 17.8 Å². The number of aromatic nitrogens is 1. The molecular weight excluding hydrogens is 354 g/mol. The van der Waals surface area contributed by atoms with E-state index in [-0.39, 0.29) is 6.54 Å². The molecule has 0 aliphatic carbocycles. The zero-order valence-electron chi connectivity index (χ0n) is 16.6. The minimum atomic E-state index is -0.740. The zero-order chi connectivity index (χ0) is 20.6. The molecule has 1 amide bonds. The second kappa shape index (κ2) is 9.56. The monoisotopic (exact) mass is 379 g/mol. The molecule has 0 saturated heterocycles. The van der Waals surface area contributed by atoms with Crippen LogP contribution in [0, 0.1) is 18.8 Å². The van der Waals surface area contributed by atoms with Crippen molar-refractivity contribution in [3.05, 3.63) is 59.3 Å². The fraction of sp³-hybridized carbons (Fsp3) is 0.318. The van der Waals surface area contributed by atoms with Gasteiger partial charge in [-0.1, -0.05) is 24.1 Å². The summed E-state index contributed by atoms with van der Waals surface area (Å²) in [6, 6.07) is 12.7. The number of carbonyl (C=O) groups is 2. The molecule has 0 spiro atoms. The van der Waals surface area contributed by atoms with Crippen molar-refractivity contribution in [1.82, 2.24) is 10.3 Å². The smallest absolute Gasteiger partial charge is 0.408 e. The van der Waals surface area contributed by atoms with Gasteiger partial charge in [0, 0.05) is 12.1 Å². The molecule has 0 bridgehead atoms. The lowest BCUT2D eigenvalue weighted by molar-refractivity contribution is -0.109. The molecule has 0 radical (unpaired) electrons. The van der Waals surface area contributed by atoms with E-state index in [2.05, 4.69) is 27.5 Å². The van der Waals surface area contributed by atoms with Crippen LogP contribution in [0.25, 0.3) is 0 Å². The van der Waals surface area contributed by atoms with Crippen molar-refractivity contribution in [1.29, 1.82) is 0 Å². The molecule has 2 N–H and O–H groups in total. The highest BCUT2D eigenvalue weighted by Gasteiger charge is 2.19. The number of hydrogen-bond donors (Lipinski definition) is 2. The first-order valence-corrected chi connectivity index (χ1v) is 8.99. The molecule has 146 valence electrons. The highest BCUT2D eigenvalue weighted by atomic mass is 16.6. The van der Waals surface area contributed by atoms with E-state index in [1.54, 1.807) is 20.8 Å². The van der Waals surface area contributed by atoms with Crippen LogP contribution in [0.1, 0.15) is 37.6 Å². The summed E-state index contributed by atoms with van der Waals surface area (Å²) in [5, 5.41) is 5.58. The fourth-order valence-corrected chi connectivity index (χ4v) is 2.29. The highest BCUT2D eigenvalue weighted by Crippen LogP contribution is 2.10. The molecule has 1 aromatic carbocycles. The summed E-state index contributed by atoms with van der Waals surface area (Å²) < 4.78 is 5.16. The lowest BCUT2D eigenvalue weighted by Gasteiger charge is -2.21. The van der Waals surface area contributed by atoms with Gasteiger partial charge in [-0.25, -0.2) is 9.78 Å². The van der Waals surface area contributed by atoms with Crippen LogP contribution >= 0.6 is 0 Å². The minimum absolute atomic E-state index is 0.185. The molecule has 1 aromatic heterocycles. The summed E-state index contributed by atoms with van der Waals surface area (Å²) in [5.74, 6) is 6.69. The average Bonchev–Trinajstić information content (AvgIpc) is 2.62. The summed E-state index contributed by atoms with van der Waals surface area (Å²) in [6.07, 6.45) is 0.0149. The first kappa shape index (κ1) is 21.0. The third-order valence-electron chi connectivity index (χ3n) is 3.45. The Bertz CT molecular complexity index is 877. The zero-order valence-corrected chi connectivity index (χ0v) is 16.6. The highest BCUT2D eigenvalue weighted by molar-refractivity contribution is 5.73. The number of pyridine rings is 1. The maximum Gasteiger partial charge on any atom is 0.408 e. The molecule has 1 unspecified atom stereocenters. The Hall–Kier alpha value is -3.33. The molecular formula is C22H25N3O3. The van der Waals surface area contributed by atoms with E-state index in [1.165, 1.54) is 0 Å². The Kier molecular flexibility index (Phi) is 7.16. The largest absolute Gasteiger partial charge is 0.444 e.